The zero-order valence-electron chi connectivity index (χ0n) is 19.6. The lowest BCUT2D eigenvalue weighted by Crippen LogP contribution is -2.12. The predicted molar refractivity (Wildman–Crippen MR) is 134 cm³/mol. The largest absolute Gasteiger partial charge is 0.494 e. The Labute approximate surface area is 199 Å². The molecule has 2 aromatic carbocycles. The number of ether oxygens (including phenoxy) is 3. The van der Waals surface area contributed by atoms with Gasteiger partial charge in [0.05, 0.1) is 25.5 Å². The van der Waals surface area contributed by atoms with Crippen LogP contribution in [0, 0.1) is 0 Å². The summed E-state index contributed by atoms with van der Waals surface area (Å²) < 4.78 is 17.0. The Morgan fingerprint density at radius 2 is 1.76 bits per heavy atom. The minimum Gasteiger partial charge on any atom is -0.494 e. The number of hydrogen-bond donors (Lipinski definition) is 1. The van der Waals surface area contributed by atoms with Crippen molar-refractivity contribution in [3.05, 3.63) is 53.4 Å². The molecule has 6 nitrogen and oxygen atoms in total. The number of nitrogens with zero attached hydrogens (tertiary/aromatic N) is 1. The molecular weight excluding hydrogens is 436 g/mol. The number of aryl methyl sites for hydroxylation is 1. The van der Waals surface area contributed by atoms with E-state index in [2.05, 4.69) is 17.2 Å². The Hall–Kier alpha value is -3.06. The number of rotatable bonds is 13. The van der Waals surface area contributed by atoms with Crippen LogP contribution in [0.15, 0.2) is 47.8 Å². The molecule has 3 rings (SSSR count). The molecule has 1 aromatic heterocycles. The molecule has 1 N–H and O–H groups in total. The third kappa shape index (κ3) is 7.49. The number of carbonyl (C=O) groups excluding carboxylic acids is 1. The van der Waals surface area contributed by atoms with E-state index in [-0.39, 0.29) is 5.91 Å². The Morgan fingerprint density at radius 3 is 2.48 bits per heavy atom. The highest BCUT2D eigenvalue weighted by molar-refractivity contribution is 7.14. The zero-order chi connectivity index (χ0) is 23.5. The lowest BCUT2D eigenvalue weighted by Gasteiger charge is -2.13. The second-order valence-electron chi connectivity index (χ2n) is 7.46. The average molecular weight is 469 g/mol. The number of thiazole rings is 1. The molecule has 0 aliphatic carbocycles. The molecule has 0 spiro atoms. The lowest BCUT2D eigenvalue weighted by atomic mass is 10.1. The van der Waals surface area contributed by atoms with Gasteiger partial charge in [0.15, 0.2) is 16.6 Å². The maximum atomic E-state index is 12.5. The summed E-state index contributed by atoms with van der Waals surface area (Å²) in [6, 6.07) is 13.7. The van der Waals surface area contributed by atoms with Gasteiger partial charge in [0.1, 0.15) is 5.75 Å². The van der Waals surface area contributed by atoms with Crippen LogP contribution in [-0.2, 0) is 11.2 Å². The van der Waals surface area contributed by atoms with Crippen LogP contribution in [0.4, 0.5) is 5.13 Å². The van der Waals surface area contributed by atoms with Crippen LogP contribution in [0.1, 0.15) is 45.6 Å². The van der Waals surface area contributed by atoms with Gasteiger partial charge in [-0.3, -0.25) is 4.79 Å². The standard InChI is InChI=1S/C26H32N2O4S/c1-4-7-16-32-23-14-8-19(17-24(23)31-6-3)9-15-25(29)28-26-27-22(18-33-26)20-10-12-21(13-11-20)30-5-2/h8,10-14,17-18H,4-7,9,15-16H2,1-3H3,(H,27,28,29). The summed E-state index contributed by atoms with van der Waals surface area (Å²) in [4.78, 5) is 17.0. The normalized spacial score (nSPS) is 10.6. The molecule has 7 heteroatoms. The number of amides is 1. The van der Waals surface area contributed by atoms with Crippen LogP contribution >= 0.6 is 11.3 Å². The first-order valence-electron chi connectivity index (χ1n) is 11.5. The molecule has 0 atom stereocenters. The highest BCUT2D eigenvalue weighted by Gasteiger charge is 2.11. The van der Waals surface area contributed by atoms with Crippen LogP contribution in [-0.4, -0.2) is 30.7 Å². The van der Waals surface area contributed by atoms with Gasteiger partial charge in [-0.25, -0.2) is 4.98 Å². The van der Waals surface area contributed by atoms with Gasteiger partial charge in [-0.15, -0.1) is 11.3 Å². The minimum atomic E-state index is -0.0659. The highest BCUT2D eigenvalue weighted by atomic mass is 32.1. The zero-order valence-corrected chi connectivity index (χ0v) is 20.4. The van der Waals surface area contributed by atoms with E-state index in [4.69, 9.17) is 14.2 Å². The number of nitrogens with one attached hydrogen (secondary N) is 1. The van der Waals surface area contributed by atoms with Crippen LogP contribution in [0.2, 0.25) is 0 Å². The summed E-state index contributed by atoms with van der Waals surface area (Å²) in [6.45, 7) is 7.91. The van der Waals surface area contributed by atoms with Gasteiger partial charge in [0, 0.05) is 17.4 Å². The van der Waals surface area contributed by atoms with Gasteiger partial charge < -0.3 is 19.5 Å². The van der Waals surface area contributed by atoms with Gasteiger partial charge in [-0.05, 0) is 68.7 Å². The number of anilines is 1. The monoisotopic (exact) mass is 468 g/mol. The lowest BCUT2D eigenvalue weighted by molar-refractivity contribution is -0.116. The van der Waals surface area contributed by atoms with Crippen molar-refractivity contribution in [3.63, 3.8) is 0 Å². The van der Waals surface area contributed by atoms with E-state index in [1.54, 1.807) is 0 Å². The number of hydrogen-bond acceptors (Lipinski definition) is 6. The van der Waals surface area contributed by atoms with Gasteiger partial charge in [-0.2, -0.15) is 0 Å². The molecule has 0 fully saturated rings. The maximum Gasteiger partial charge on any atom is 0.226 e. The molecule has 0 radical (unpaired) electrons. The van der Waals surface area contributed by atoms with Crippen LogP contribution in [0.3, 0.4) is 0 Å². The summed E-state index contributed by atoms with van der Waals surface area (Å²) in [5.74, 6) is 2.25. The fraction of sp³-hybridized carbons (Fsp3) is 0.385. The minimum absolute atomic E-state index is 0.0659. The summed E-state index contributed by atoms with van der Waals surface area (Å²) in [7, 11) is 0. The molecule has 0 aliphatic rings. The number of unbranched alkanes of at least 4 members (excludes halogenated alkanes) is 1. The van der Waals surface area contributed by atoms with Crippen molar-refractivity contribution in [3.8, 4) is 28.5 Å². The van der Waals surface area contributed by atoms with Crippen molar-refractivity contribution in [2.75, 3.05) is 25.1 Å². The molecule has 0 saturated heterocycles. The van der Waals surface area contributed by atoms with Gasteiger partial charge >= 0.3 is 0 Å². The van der Waals surface area contributed by atoms with Crippen LogP contribution in [0.5, 0.6) is 17.2 Å². The third-order valence-corrected chi connectivity index (χ3v) is 5.67. The van der Waals surface area contributed by atoms with Crippen molar-refractivity contribution in [1.29, 1.82) is 0 Å². The summed E-state index contributed by atoms with van der Waals surface area (Å²) in [5, 5.41) is 5.44. The van der Waals surface area contributed by atoms with E-state index >= 15 is 0 Å². The molecule has 1 amide bonds. The molecule has 3 aromatic rings. The SMILES string of the molecule is CCCCOc1ccc(CCC(=O)Nc2nc(-c3ccc(OCC)cc3)cs2)cc1OCC. The second-order valence-corrected chi connectivity index (χ2v) is 8.32. The topological polar surface area (TPSA) is 69.7 Å². The molecular formula is C26H32N2O4S. The van der Waals surface area contributed by atoms with E-state index in [1.807, 2.05) is 61.7 Å². The van der Waals surface area contributed by atoms with E-state index in [9.17, 15) is 4.79 Å². The summed E-state index contributed by atoms with van der Waals surface area (Å²) in [6.07, 6.45) is 3.06. The van der Waals surface area contributed by atoms with E-state index in [0.29, 0.717) is 37.8 Å². The third-order valence-electron chi connectivity index (χ3n) is 4.92. The molecule has 0 bridgehead atoms. The molecule has 0 saturated carbocycles. The van der Waals surface area contributed by atoms with Crippen molar-refractivity contribution < 1.29 is 19.0 Å². The first-order valence-corrected chi connectivity index (χ1v) is 12.4. The maximum absolute atomic E-state index is 12.5. The number of aromatic nitrogens is 1. The fourth-order valence-electron chi connectivity index (χ4n) is 3.21. The van der Waals surface area contributed by atoms with Crippen molar-refractivity contribution in [2.45, 2.75) is 46.5 Å². The average Bonchev–Trinajstić information content (AvgIpc) is 3.28. The van der Waals surface area contributed by atoms with Gasteiger partial charge in [-0.1, -0.05) is 19.4 Å². The summed E-state index contributed by atoms with van der Waals surface area (Å²) in [5.41, 5.74) is 2.85. The van der Waals surface area contributed by atoms with Crippen molar-refractivity contribution >= 4 is 22.4 Å². The van der Waals surface area contributed by atoms with E-state index in [0.717, 1.165) is 46.9 Å². The van der Waals surface area contributed by atoms with Gasteiger partial charge in [0.2, 0.25) is 5.91 Å². The number of benzene rings is 2. The van der Waals surface area contributed by atoms with Crippen LogP contribution in [0.25, 0.3) is 11.3 Å². The quantitative estimate of drug-likeness (QED) is 0.296. The Kier molecular flexibility index (Phi) is 9.57. The Morgan fingerprint density at radius 1 is 0.970 bits per heavy atom. The predicted octanol–water partition coefficient (Wildman–Crippen LogP) is 6.36. The fourth-order valence-corrected chi connectivity index (χ4v) is 3.95. The van der Waals surface area contributed by atoms with E-state index < -0.39 is 0 Å². The molecule has 1 heterocycles. The molecule has 176 valence electrons. The first-order chi connectivity index (χ1) is 16.1. The van der Waals surface area contributed by atoms with Gasteiger partial charge in [0.25, 0.3) is 0 Å². The molecule has 0 aliphatic heterocycles. The first kappa shape index (κ1) is 24.6. The number of carbonyl (C=O) groups is 1. The second kappa shape index (κ2) is 12.8. The smallest absolute Gasteiger partial charge is 0.226 e. The van der Waals surface area contributed by atoms with E-state index in [1.165, 1.54) is 11.3 Å². The Balaban J connectivity index is 1.54. The molecule has 0 unspecified atom stereocenters. The highest BCUT2D eigenvalue weighted by Crippen LogP contribution is 2.30. The van der Waals surface area contributed by atoms with Crippen LogP contribution < -0.4 is 19.5 Å². The summed E-state index contributed by atoms with van der Waals surface area (Å²) >= 11 is 1.42. The van der Waals surface area contributed by atoms with Crippen molar-refractivity contribution in [1.82, 2.24) is 4.98 Å². The molecule has 33 heavy (non-hydrogen) atoms. The Bertz CT molecular complexity index is 1020. The van der Waals surface area contributed by atoms with Crippen molar-refractivity contribution in [2.24, 2.45) is 0 Å².